The van der Waals surface area contributed by atoms with Crippen molar-refractivity contribution in [3.63, 3.8) is 0 Å². The lowest BCUT2D eigenvalue weighted by Crippen LogP contribution is -2.24. The number of hydrogen-bond donors (Lipinski definition) is 2. The highest BCUT2D eigenvalue weighted by Crippen LogP contribution is 2.18. The first kappa shape index (κ1) is 10.9. The van der Waals surface area contributed by atoms with E-state index in [4.69, 9.17) is 11.1 Å². The number of rotatable bonds is 2. The van der Waals surface area contributed by atoms with E-state index in [1.165, 1.54) is 25.7 Å². The molecule has 1 aliphatic heterocycles. The predicted molar refractivity (Wildman–Crippen MR) is 65.9 cm³/mol. The maximum absolute atomic E-state index is 7.29. The number of nitrogens with one attached hydrogen (secondary N) is 1. The van der Waals surface area contributed by atoms with Crippen molar-refractivity contribution in [2.75, 3.05) is 18.0 Å². The zero-order chi connectivity index (χ0) is 11.4. The summed E-state index contributed by atoms with van der Waals surface area (Å²) in [5.41, 5.74) is 7.07. The molecular weight excluding hydrogens is 200 g/mol. The van der Waals surface area contributed by atoms with Crippen LogP contribution in [0.4, 0.5) is 5.69 Å². The minimum absolute atomic E-state index is 0.0300. The van der Waals surface area contributed by atoms with E-state index >= 15 is 0 Å². The summed E-state index contributed by atoms with van der Waals surface area (Å²) in [6.45, 7) is 2.22. The second kappa shape index (κ2) is 4.96. The minimum atomic E-state index is 0.0300. The second-order valence-corrected chi connectivity index (χ2v) is 4.22. The topological polar surface area (TPSA) is 66.0 Å². The van der Waals surface area contributed by atoms with Crippen LogP contribution in [0, 0.1) is 5.41 Å². The smallest absolute Gasteiger partial charge is 0.141 e. The fourth-order valence-electron chi connectivity index (χ4n) is 2.06. The van der Waals surface area contributed by atoms with Crippen molar-refractivity contribution in [2.24, 2.45) is 5.73 Å². The Bertz CT molecular complexity index is 350. The highest BCUT2D eigenvalue weighted by Gasteiger charge is 2.10. The van der Waals surface area contributed by atoms with Crippen molar-refractivity contribution in [1.29, 1.82) is 5.41 Å². The maximum Gasteiger partial charge on any atom is 0.141 e. The molecule has 1 fully saturated rings. The Kier molecular flexibility index (Phi) is 3.39. The molecule has 4 nitrogen and oxygen atoms in total. The molecule has 0 unspecified atom stereocenters. The largest absolute Gasteiger partial charge is 0.382 e. The third-order valence-corrected chi connectivity index (χ3v) is 3.00. The quantitative estimate of drug-likeness (QED) is 0.587. The zero-order valence-corrected chi connectivity index (χ0v) is 9.45. The third-order valence-electron chi connectivity index (χ3n) is 3.00. The molecule has 1 aromatic rings. The van der Waals surface area contributed by atoms with Crippen molar-refractivity contribution in [3.05, 3.63) is 24.0 Å². The zero-order valence-electron chi connectivity index (χ0n) is 9.45. The van der Waals surface area contributed by atoms with Crippen LogP contribution in [0.1, 0.15) is 31.4 Å². The van der Waals surface area contributed by atoms with Crippen molar-refractivity contribution >= 4 is 11.5 Å². The van der Waals surface area contributed by atoms with Crippen molar-refractivity contribution in [1.82, 2.24) is 4.98 Å². The molecule has 0 radical (unpaired) electrons. The average molecular weight is 218 g/mol. The van der Waals surface area contributed by atoms with Crippen LogP contribution >= 0.6 is 0 Å². The number of hydrogen-bond acceptors (Lipinski definition) is 3. The van der Waals surface area contributed by atoms with E-state index in [1.807, 2.05) is 18.3 Å². The molecule has 0 aliphatic carbocycles. The van der Waals surface area contributed by atoms with E-state index in [-0.39, 0.29) is 5.84 Å². The molecule has 16 heavy (non-hydrogen) atoms. The Morgan fingerprint density at radius 1 is 1.19 bits per heavy atom. The first-order valence-corrected chi connectivity index (χ1v) is 5.83. The van der Waals surface area contributed by atoms with Gasteiger partial charge in [-0.3, -0.25) is 10.4 Å². The Balaban J connectivity index is 2.10. The van der Waals surface area contributed by atoms with Gasteiger partial charge in [-0.25, -0.2) is 0 Å². The van der Waals surface area contributed by atoms with Gasteiger partial charge in [-0.1, -0.05) is 12.8 Å². The van der Waals surface area contributed by atoms with Crippen LogP contribution in [0.3, 0.4) is 0 Å². The van der Waals surface area contributed by atoms with Gasteiger partial charge in [0.25, 0.3) is 0 Å². The molecule has 2 rings (SSSR count). The molecular formula is C12H18N4. The highest BCUT2D eigenvalue weighted by molar-refractivity contribution is 5.93. The Morgan fingerprint density at radius 2 is 1.88 bits per heavy atom. The fourth-order valence-corrected chi connectivity index (χ4v) is 2.06. The lowest BCUT2D eigenvalue weighted by atomic mass is 10.2. The van der Waals surface area contributed by atoms with Crippen LogP contribution in [-0.4, -0.2) is 23.9 Å². The summed E-state index contributed by atoms with van der Waals surface area (Å²) in [4.78, 5) is 6.56. The van der Waals surface area contributed by atoms with E-state index in [0.717, 1.165) is 18.8 Å². The minimum Gasteiger partial charge on any atom is -0.382 e. The molecule has 1 aliphatic rings. The van der Waals surface area contributed by atoms with Crippen LogP contribution in [0.2, 0.25) is 0 Å². The Hall–Kier alpha value is -1.58. The molecule has 0 bridgehead atoms. The van der Waals surface area contributed by atoms with Gasteiger partial charge < -0.3 is 10.6 Å². The van der Waals surface area contributed by atoms with E-state index in [0.29, 0.717) is 5.69 Å². The Morgan fingerprint density at radius 3 is 2.38 bits per heavy atom. The van der Waals surface area contributed by atoms with Gasteiger partial charge in [0.1, 0.15) is 11.5 Å². The summed E-state index contributed by atoms with van der Waals surface area (Å²) in [5, 5.41) is 7.29. The lowest BCUT2D eigenvalue weighted by molar-refractivity contribution is 0.726. The number of nitrogen functional groups attached to an aromatic ring is 1. The molecule has 0 aromatic carbocycles. The standard InChI is InChI=1S/C12H18N4/c13-12(14)11-6-5-10(9-15-11)16-7-3-1-2-4-8-16/h5-6,9H,1-4,7-8H2,(H3,13,14). The molecule has 4 heteroatoms. The molecule has 1 aromatic heterocycles. The third kappa shape index (κ3) is 2.51. The van der Waals surface area contributed by atoms with Gasteiger partial charge in [0.2, 0.25) is 0 Å². The summed E-state index contributed by atoms with van der Waals surface area (Å²) in [5.74, 6) is 0.0300. The average Bonchev–Trinajstić information content (AvgIpc) is 2.57. The molecule has 0 atom stereocenters. The van der Waals surface area contributed by atoms with E-state index in [9.17, 15) is 0 Å². The monoisotopic (exact) mass is 218 g/mol. The van der Waals surface area contributed by atoms with Gasteiger partial charge in [-0.15, -0.1) is 0 Å². The number of aromatic nitrogens is 1. The lowest BCUT2D eigenvalue weighted by Gasteiger charge is -2.22. The SMILES string of the molecule is N=C(N)c1ccc(N2CCCCCC2)cn1. The molecule has 2 heterocycles. The van der Waals surface area contributed by atoms with Gasteiger partial charge in [0, 0.05) is 13.1 Å². The van der Waals surface area contributed by atoms with Crippen molar-refractivity contribution < 1.29 is 0 Å². The Labute approximate surface area is 96.0 Å². The van der Waals surface area contributed by atoms with Crippen molar-refractivity contribution in [2.45, 2.75) is 25.7 Å². The number of nitrogens with two attached hydrogens (primary N) is 1. The maximum atomic E-state index is 7.29. The number of amidine groups is 1. The summed E-state index contributed by atoms with van der Waals surface area (Å²) in [7, 11) is 0. The van der Waals surface area contributed by atoms with Crippen LogP contribution in [0.25, 0.3) is 0 Å². The van der Waals surface area contributed by atoms with Crippen LogP contribution in [0.15, 0.2) is 18.3 Å². The van der Waals surface area contributed by atoms with Gasteiger partial charge in [0.15, 0.2) is 0 Å². The van der Waals surface area contributed by atoms with E-state index in [2.05, 4.69) is 9.88 Å². The molecule has 0 spiro atoms. The molecule has 0 amide bonds. The molecule has 1 saturated heterocycles. The predicted octanol–water partition coefficient (Wildman–Crippen LogP) is 1.75. The first-order chi connectivity index (χ1) is 7.77. The summed E-state index contributed by atoms with van der Waals surface area (Å²) in [6.07, 6.45) is 7.00. The first-order valence-electron chi connectivity index (χ1n) is 5.83. The number of anilines is 1. The van der Waals surface area contributed by atoms with Gasteiger partial charge >= 0.3 is 0 Å². The van der Waals surface area contributed by atoms with Crippen LogP contribution in [0.5, 0.6) is 0 Å². The number of nitrogens with zero attached hydrogens (tertiary/aromatic N) is 2. The van der Waals surface area contributed by atoms with Gasteiger partial charge in [-0.05, 0) is 25.0 Å². The van der Waals surface area contributed by atoms with Gasteiger partial charge in [0.05, 0.1) is 11.9 Å². The highest BCUT2D eigenvalue weighted by atomic mass is 15.1. The fraction of sp³-hybridized carbons (Fsp3) is 0.500. The summed E-state index contributed by atoms with van der Waals surface area (Å²) in [6, 6.07) is 3.83. The summed E-state index contributed by atoms with van der Waals surface area (Å²) < 4.78 is 0. The molecule has 0 saturated carbocycles. The summed E-state index contributed by atoms with van der Waals surface area (Å²) >= 11 is 0. The number of pyridine rings is 1. The van der Waals surface area contributed by atoms with E-state index < -0.39 is 0 Å². The van der Waals surface area contributed by atoms with Gasteiger partial charge in [-0.2, -0.15) is 0 Å². The van der Waals surface area contributed by atoms with Crippen molar-refractivity contribution in [3.8, 4) is 0 Å². The normalized spacial score (nSPS) is 16.9. The molecule has 86 valence electrons. The second-order valence-electron chi connectivity index (χ2n) is 4.22. The van der Waals surface area contributed by atoms with Crippen LogP contribution < -0.4 is 10.6 Å². The molecule has 3 N–H and O–H groups in total. The van der Waals surface area contributed by atoms with E-state index in [1.54, 1.807) is 0 Å². The van der Waals surface area contributed by atoms with Crippen LogP contribution in [-0.2, 0) is 0 Å².